The van der Waals surface area contributed by atoms with E-state index >= 15 is 0 Å². The van der Waals surface area contributed by atoms with E-state index in [0.29, 0.717) is 0 Å². The Bertz CT molecular complexity index is 434. The van der Waals surface area contributed by atoms with Crippen LogP contribution in [0.3, 0.4) is 0 Å². The van der Waals surface area contributed by atoms with E-state index in [0.717, 1.165) is 31.2 Å². The Hall–Kier alpha value is -1.29. The highest BCUT2D eigenvalue weighted by Gasteiger charge is 2.28. The maximum atomic E-state index is 4.41. The van der Waals surface area contributed by atoms with Gasteiger partial charge in [-0.1, -0.05) is 6.92 Å². The molecule has 2 fully saturated rings. The Balaban J connectivity index is 1.70. The second-order valence-electron chi connectivity index (χ2n) is 5.99. The lowest BCUT2D eigenvalue weighted by molar-refractivity contribution is 0.273. The molecule has 4 nitrogen and oxygen atoms in total. The van der Waals surface area contributed by atoms with E-state index in [2.05, 4.69) is 33.1 Å². The van der Waals surface area contributed by atoms with Gasteiger partial charge in [-0.05, 0) is 38.3 Å². The fraction of sp³-hybridized carbons (Fsp3) is 0.688. The molecular weight excluding hydrogens is 248 g/mol. The molecule has 0 aliphatic carbocycles. The van der Waals surface area contributed by atoms with Crippen molar-refractivity contribution in [2.75, 3.05) is 42.9 Å². The van der Waals surface area contributed by atoms with E-state index in [1.165, 1.54) is 44.6 Å². The highest BCUT2D eigenvalue weighted by atomic mass is 15.3. The van der Waals surface area contributed by atoms with Gasteiger partial charge in [0.1, 0.15) is 0 Å². The van der Waals surface area contributed by atoms with Gasteiger partial charge in [0.15, 0.2) is 0 Å². The van der Waals surface area contributed by atoms with Crippen LogP contribution < -0.4 is 10.2 Å². The molecule has 1 N–H and O–H groups in total. The van der Waals surface area contributed by atoms with Crippen molar-refractivity contribution in [2.45, 2.75) is 38.6 Å². The molecule has 0 aromatic carbocycles. The molecule has 1 unspecified atom stereocenters. The molecule has 110 valence electrons. The number of hydrogen-bond donors (Lipinski definition) is 1. The molecule has 0 saturated carbocycles. The first kappa shape index (κ1) is 13.7. The summed E-state index contributed by atoms with van der Waals surface area (Å²) in [5, 5.41) is 3.44. The first-order valence-corrected chi connectivity index (χ1v) is 8.04. The molecule has 0 spiro atoms. The molecule has 4 heteroatoms. The van der Waals surface area contributed by atoms with Crippen LogP contribution in [0.25, 0.3) is 0 Å². The lowest BCUT2D eigenvalue weighted by Gasteiger charge is -2.27. The minimum atomic E-state index is 0.754. The summed E-state index contributed by atoms with van der Waals surface area (Å²) < 4.78 is 0. The average Bonchev–Trinajstić information content (AvgIpc) is 2.82. The van der Waals surface area contributed by atoms with Crippen LogP contribution in [0.2, 0.25) is 0 Å². The molecule has 0 bridgehead atoms. The lowest BCUT2D eigenvalue weighted by atomic mass is 10.2. The van der Waals surface area contributed by atoms with Crippen molar-refractivity contribution < 1.29 is 0 Å². The number of fused-ring (bicyclic) bond motifs is 1. The van der Waals surface area contributed by atoms with Gasteiger partial charge in [0.25, 0.3) is 0 Å². The zero-order valence-corrected chi connectivity index (χ0v) is 12.5. The molecule has 1 aromatic heterocycles. The normalized spacial score (nSPS) is 23.4. The lowest BCUT2D eigenvalue weighted by Crippen LogP contribution is -2.36. The molecule has 0 radical (unpaired) electrons. The summed E-state index contributed by atoms with van der Waals surface area (Å²) in [6, 6.07) is 3.01. The Morgan fingerprint density at radius 3 is 3.05 bits per heavy atom. The van der Waals surface area contributed by atoms with Crippen LogP contribution in [0, 0.1) is 0 Å². The van der Waals surface area contributed by atoms with Crippen LogP contribution in [0.15, 0.2) is 18.5 Å². The highest BCUT2D eigenvalue weighted by Crippen LogP contribution is 2.25. The van der Waals surface area contributed by atoms with Crippen molar-refractivity contribution in [1.29, 1.82) is 0 Å². The predicted molar refractivity (Wildman–Crippen MR) is 84.4 cm³/mol. The van der Waals surface area contributed by atoms with Gasteiger partial charge in [0.05, 0.1) is 23.8 Å². The first-order chi connectivity index (χ1) is 9.86. The number of nitrogens with zero attached hydrogens (tertiary/aromatic N) is 3. The van der Waals surface area contributed by atoms with Gasteiger partial charge in [-0.25, -0.2) is 0 Å². The van der Waals surface area contributed by atoms with Crippen LogP contribution in [0.1, 0.15) is 32.6 Å². The third kappa shape index (κ3) is 3.06. The Morgan fingerprint density at radius 1 is 1.25 bits per heavy atom. The predicted octanol–water partition coefficient (Wildman–Crippen LogP) is 2.58. The summed E-state index contributed by atoms with van der Waals surface area (Å²) in [7, 11) is 0. The molecule has 1 atom stereocenters. The maximum absolute atomic E-state index is 4.41. The van der Waals surface area contributed by atoms with Crippen LogP contribution in [-0.2, 0) is 0 Å². The smallest absolute Gasteiger partial charge is 0.0574 e. The summed E-state index contributed by atoms with van der Waals surface area (Å²) >= 11 is 0. The minimum absolute atomic E-state index is 0.754. The van der Waals surface area contributed by atoms with E-state index in [1.54, 1.807) is 0 Å². The third-order valence-electron chi connectivity index (χ3n) is 4.47. The quantitative estimate of drug-likeness (QED) is 0.914. The fourth-order valence-corrected chi connectivity index (χ4v) is 3.41. The molecule has 3 heterocycles. The van der Waals surface area contributed by atoms with E-state index in [1.807, 2.05) is 12.4 Å². The fourth-order valence-electron chi connectivity index (χ4n) is 3.41. The van der Waals surface area contributed by atoms with Gasteiger partial charge in [-0.3, -0.25) is 9.88 Å². The van der Waals surface area contributed by atoms with Crippen LogP contribution in [-0.4, -0.2) is 48.6 Å². The van der Waals surface area contributed by atoms with Gasteiger partial charge < -0.3 is 10.2 Å². The van der Waals surface area contributed by atoms with Crippen molar-refractivity contribution in [3.05, 3.63) is 18.5 Å². The maximum Gasteiger partial charge on any atom is 0.0574 e. The summed E-state index contributed by atoms with van der Waals surface area (Å²) in [4.78, 5) is 9.61. The Labute approximate surface area is 122 Å². The third-order valence-corrected chi connectivity index (χ3v) is 4.47. The van der Waals surface area contributed by atoms with Gasteiger partial charge in [0.2, 0.25) is 0 Å². The van der Waals surface area contributed by atoms with Crippen molar-refractivity contribution in [2.24, 2.45) is 0 Å². The summed E-state index contributed by atoms with van der Waals surface area (Å²) in [6.45, 7) is 8.09. The van der Waals surface area contributed by atoms with E-state index in [4.69, 9.17) is 0 Å². The first-order valence-electron chi connectivity index (χ1n) is 8.04. The molecule has 20 heavy (non-hydrogen) atoms. The van der Waals surface area contributed by atoms with Gasteiger partial charge in [-0.2, -0.15) is 0 Å². The van der Waals surface area contributed by atoms with Crippen molar-refractivity contribution >= 4 is 11.4 Å². The van der Waals surface area contributed by atoms with E-state index in [9.17, 15) is 0 Å². The van der Waals surface area contributed by atoms with Crippen molar-refractivity contribution in [1.82, 2.24) is 9.88 Å². The summed E-state index contributed by atoms with van der Waals surface area (Å²) in [6.07, 6.45) is 9.08. The number of nitrogens with one attached hydrogen (secondary N) is 1. The highest BCUT2D eigenvalue weighted by molar-refractivity contribution is 5.55. The van der Waals surface area contributed by atoms with E-state index < -0.39 is 0 Å². The number of hydrogen-bond acceptors (Lipinski definition) is 4. The van der Waals surface area contributed by atoms with Crippen molar-refractivity contribution in [3.63, 3.8) is 0 Å². The molecule has 0 amide bonds. The van der Waals surface area contributed by atoms with Crippen LogP contribution in [0.4, 0.5) is 11.4 Å². The second kappa shape index (κ2) is 6.44. The number of aromatic nitrogens is 1. The van der Waals surface area contributed by atoms with Gasteiger partial charge >= 0.3 is 0 Å². The van der Waals surface area contributed by atoms with Crippen molar-refractivity contribution in [3.8, 4) is 0 Å². The zero-order chi connectivity index (χ0) is 13.8. The van der Waals surface area contributed by atoms with Crippen LogP contribution >= 0.6 is 0 Å². The minimum Gasteiger partial charge on any atom is -0.384 e. The molecular formula is C16H26N4. The van der Waals surface area contributed by atoms with Gasteiger partial charge in [-0.15, -0.1) is 0 Å². The topological polar surface area (TPSA) is 31.4 Å². The van der Waals surface area contributed by atoms with Gasteiger partial charge in [0, 0.05) is 32.2 Å². The number of anilines is 2. The summed E-state index contributed by atoms with van der Waals surface area (Å²) in [5.41, 5.74) is 2.43. The zero-order valence-electron chi connectivity index (χ0n) is 12.5. The van der Waals surface area contributed by atoms with E-state index in [-0.39, 0.29) is 0 Å². The number of rotatable bonds is 4. The molecule has 2 aliphatic rings. The largest absolute Gasteiger partial charge is 0.384 e. The number of pyridine rings is 1. The van der Waals surface area contributed by atoms with Crippen LogP contribution in [0.5, 0.6) is 0 Å². The SMILES string of the molecule is CCCNc1cncc(N2CCCN3CCCC3C2)c1. The molecule has 2 aliphatic heterocycles. The Morgan fingerprint density at radius 2 is 2.15 bits per heavy atom. The summed E-state index contributed by atoms with van der Waals surface area (Å²) in [5.74, 6) is 0. The second-order valence-corrected chi connectivity index (χ2v) is 5.99. The Kier molecular flexibility index (Phi) is 4.41. The standard InChI is InChI=1S/C16H26N4/c1-2-6-18-14-10-16(12-17-11-14)20-9-4-8-19-7-3-5-15(19)13-20/h10-12,15,18H,2-9,13H2,1H3. The molecule has 2 saturated heterocycles. The average molecular weight is 274 g/mol. The molecule has 3 rings (SSSR count). The molecule has 1 aromatic rings. The monoisotopic (exact) mass is 274 g/mol.